The minimum absolute atomic E-state index is 0.311. The number of hydrogen-bond acceptors (Lipinski definition) is 5. The van der Waals surface area contributed by atoms with Gasteiger partial charge in [-0.1, -0.05) is 0 Å². The summed E-state index contributed by atoms with van der Waals surface area (Å²) in [7, 11) is 2.15. The van der Waals surface area contributed by atoms with Crippen molar-refractivity contribution >= 4 is 21.7 Å². The standard InChI is InChI=1S/C17H18BrFN4O/c1-22-8-17(9-22)4-5-23(10-17)16-15(7-20-11-21-16)24-14-3-2-12(19)6-13(14)18/h2-3,6-7,11H,4-5,8-10H2,1H3. The molecule has 0 saturated carbocycles. The van der Waals surface area contributed by atoms with Crippen molar-refractivity contribution in [2.24, 2.45) is 5.41 Å². The predicted octanol–water partition coefficient (Wildman–Crippen LogP) is 3.31. The van der Waals surface area contributed by atoms with Crippen molar-refractivity contribution in [1.82, 2.24) is 14.9 Å². The fourth-order valence-corrected chi connectivity index (χ4v) is 4.20. The van der Waals surface area contributed by atoms with Crippen LogP contribution in [-0.4, -0.2) is 48.1 Å². The first-order valence-corrected chi connectivity index (χ1v) is 8.70. The predicted molar refractivity (Wildman–Crippen MR) is 93.0 cm³/mol. The Balaban J connectivity index is 1.57. The van der Waals surface area contributed by atoms with Crippen LogP contribution in [0.3, 0.4) is 0 Å². The molecule has 2 aliphatic rings. The minimum atomic E-state index is -0.311. The van der Waals surface area contributed by atoms with Gasteiger partial charge in [0.1, 0.15) is 17.9 Å². The van der Waals surface area contributed by atoms with E-state index in [1.54, 1.807) is 18.6 Å². The molecule has 1 aromatic carbocycles. The molecule has 3 heterocycles. The van der Waals surface area contributed by atoms with Gasteiger partial charge >= 0.3 is 0 Å². The van der Waals surface area contributed by atoms with Gasteiger partial charge in [0.15, 0.2) is 11.6 Å². The molecule has 2 aromatic rings. The van der Waals surface area contributed by atoms with E-state index in [4.69, 9.17) is 4.74 Å². The average molecular weight is 393 g/mol. The summed E-state index contributed by atoms with van der Waals surface area (Å²) in [6, 6.07) is 4.36. The van der Waals surface area contributed by atoms with Crippen molar-refractivity contribution in [3.8, 4) is 11.5 Å². The Kier molecular flexibility index (Phi) is 3.92. The van der Waals surface area contributed by atoms with Crippen molar-refractivity contribution in [3.63, 3.8) is 0 Å². The zero-order chi connectivity index (χ0) is 16.7. The number of likely N-dealkylation sites (tertiary alicyclic amines) is 1. The summed E-state index contributed by atoms with van der Waals surface area (Å²) in [5, 5.41) is 0. The fraction of sp³-hybridized carbons (Fsp3) is 0.412. The molecule has 2 aliphatic heterocycles. The molecule has 0 unspecified atom stereocenters. The van der Waals surface area contributed by atoms with Crippen LogP contribution in [0.15, 0.2) is 35.2 Å². The molecule has 5 nitrogen and oxygen atoms in total. The van der Waals surface area contributed by atoms with Gasteiger partial charge in [-0.25, -0.2) is 14.4 Å². The van der Waals surface area contributed by atoms with Gasteiger partial charge in [0.25, 0.3) is 0 Å². The molecular formula is C17H18BrFN4O. The van der Waals surface area contributed by atoms with Gasteiger partial charge in [-0.05, 0) is 47.6 Å². The van der Waals surface area contributed by atoms with Crippen LogP contribution >= 0.6 is 15.9 Å². The lowest BCUT2D eigenvalue weighted by Crippen LogP contribution is -2.55. The lowest BCUT2D eigenvalue weighted by atomic mass is 9.79. The Morgan fingerprint density at radius 3 is 2.83 bits per heavy atom. The molecule has 7 heteroatoms. The van der Waals surface area contributed by atoms with Crippen LogP contribution in [0.2, 0.25) is 0 Å². The summed E-state index contributed by atoms with van der Waals surface area (Å²) in [6.07, 6.45) is 4.37. The maximum Gasteiger partial charge on any atom is 0.188 e. The Labute approximate surface area is 148 Å². The molecule has 0 amide bonds. The number of halogens is 2. The van der Waals surface area contributed by atoms with Gasteiger partial charge in [-0.2, -0.15) is 0 Å². The lowest BCUT2D eigenvalue weighted by Gasteiger charge is -2.46. The Morgan fingerprint density at radius 2 is 2.08 bits per heavy atom. The summed E-state index contributed by atoms with van der Waals surface area (Å²) in [5.41, 5.74) is 0.382. The second kappa shape index (κ2) is 5.97. The van der Waals surface area contributed by atoms with Crippen LogP contribution in [0, 0.1) is 11.2 Å². The van der Waals surface area contributed by atoms with E-state index in [-0.39, 0.29) is 5.82 Å². The molecule has 0 radical (unpaired) electrons. The molecule has 1 spiro atoms. The van der Waals surface area contributed by atoms with Gasteiger partial charge in [0, 0.05) is 31.6 Å². The average Bonchev–Trinajstić information content (AvgIpc) is 2.95. The third kappa shape index (κ3) is 2.86. The molecule has 0 aliphatic carbocycles. The van der Waals surface area contributed by atoms with E-state index in [1.807, 2.05) is 0 Å². The Morgan fingerprint density at radius 1 is 1.25 bits per heavy atom. The largest absolute Gasteiger partial charge is 0.451 e. The second-order valence-corrected chi connectivity index (χ2v) is 7.59. The molecular weight excluding hydrogens is 375 g/mol. The van der Waals surface area contributed by atoms with E-state index in [0.717, 1.165) is 32.0 Å². The van der Waals surface area contributed by atoms with E-state index >= 15 is 0 Å². The highest BCUT2D eigenvalue weighted by atomic mass is 79.9. The normalized spacial score (nSPS) is 19.5. The van der Waals surface area contributed by atoms with E-state index < -0.39 is 0 Å². The van der Waals surface area contributed by atoms with Crippen LogP contribution in [0.1, 0.15) is 6.42 Å². The molecule has 2 fully saturated rings. The quantitative estimate of drug-likeness (QED) is 0.801. The third-order valence-corrected chi connectivity index (χ3v) is 5.34. The summed E-state index contributed by atoms with van der Waals surface area (Å²) in [4.78, 5) is 13.1. The Hall–Kier alpha value is -1.73. The maximum absolute atomic E-state index is 13.3. The number of anilines is 1. The first kappa shape index (κ1) is 15.8. The fourth-order valence-electron chi connectivity index (χ4n) is 3.77. The SMILES string of the molecule is CN1CC2(CCN(c3ncncc3Oc3ccc(F)cc3Br)C2)C1. The van der Waals surface area contributed by atoms with Gasteiger partial charge < -0.3 is 14.5 Å². The molecule has 0 bridgehead atoms. The van der Waals surface area contributed by atoms with E-state index in [0.29, 0.717) is 21.4 Å². The minimum Gasteiger partial charge on any atom is -0.451 e. The van der Waals surface area contributed by atoms with Gasteiger partial charge in [-0.3, -0.25) is 0 Å². The third-order valence-electron chi connectivity index (χ3n) is 4.72. The zero-order valence-electron chi connectivity index (χ0n) is 13.4. The second-order valence-electron chi connectivity index (χ2n) is 6.73. The van der Waals surface area contributed by atoms with Gasteiger partial charge in [0.2, 0.25) is 0 Å². The van der Waals surface area contributed by atoms with Crippen molar-refractivity contribution in [1.29, 1.82) is 0 Å². The van der Waals surface area contributed by atoms with Crippen LogP contribution in [0.5, 0.6) is 11.5 Å². The van der Waals surface area contributed by atoms with Gasteiger partial charge in [0.05, 0.1) is 10.7 Å². The smallest absolute Gasteiger partial charge is 0.188 e. The monoisotopic (exact) mass is 392 g/mol. The molecule has 0 atom stereocenters. The molecule has 1 aromatic heterocycles. The summed E-state index contributed by atoms with van der Waals surface area (Å²) < 4.78 is 19.8. The molecule has 2 saturated heterocycles. The van der Waals surface area contributed by atoms with Crippen molar-refractivity contribution in [2.45, 2.75) is 6.42 Å². The molecule has 126 valence electrons. The number of rotatable bonds is 3. The number of hydrogen-bond donors (Lipinski definition) is 0. The number of ether oxygens (including phenoxy) is 1. The van der Waals surface area contributed by atoms with Crippen LogP contribution in [0.4, 0.5) is 10.2 Å². The highest BCUT2D eigenvalue weighted by Gasteiger charge is 2.46. The summed E-state index contributed by atoms with van der Waals surface area (Å²) in [5.74, 6) is 1.63. The van der Waals surface area contributed by atoms with Crippen molar-refractivity contribution in [2.75, 3.05) is 38.1 Å². The Bertz CT molecular complexity index is 766. The molecule has 0 N–H and O–H groups in total. The highest BCUT2D eigenvalue weighted by Crippen LogP contribution is 2.42. The highest BCUT2D eigenvalue weighted by molar-refractivity contribution is 9.10. The van der Waals surface area contributed by atoms with Crippen LogP contribution in [0.25, 0.3) is 0 Å². The summed E-state index contributed by atoms with van der Waals surface area (Å²) in [6.45, 7) is 4.21. The molecule has 4 rings (SSSR count). The van der Waals surface area contributed by atoms with Crippen LogP contribution in [-0.2, 0) is 0 Å². The topological polar surface area (TPSA) is 41.5 Å². The number of nitrogens with zero attached hydrogens (tertiary/aromatic N) is 4. The lowest BCUT2D eigenvalue weighted by molar-refractivity contribution is 0.0424. The van der Waals surface area contributed by atoms with E-state index in [9.17, 15) is 4.39 Å². The van der Waals surface area contributed by atoms with Crippen molar-refractivity contribution < 1.29 is 9.13 Å². The van der Waals surface area contributed by atoms with Crippen molar-refractivity contribution in [3.05, 3.63) is 41.0 Å². The first-order chi connectivity index (χ1) is 11.5. The number of benzene rings is 1. The number of aromatic nitrogens is 2. The van der Waals surface area contributed by atoms with E-state index in [2.05, 4.69) is 42.7 Å². The molecule has 24 heavy (non-hydrogen) atoms. The van der Waals surface area contributed by atoms with E-state index in [1.165, 1.54) is 18.6 Å². The zero-order valence-corrected chi connectivity index (χ0v) is 15.0. The van der Waals surface area contributed by atoms with Crippen LogP contribution < -0.4 is 9.64 Å². The van der Waals surface area contributed by atoms with Gasteiger partial charge in [-0.15, -0.1) is 0 Å². The summed E-state index contributed by atoms with van der Waals surface area (Å²) >= 11 is 3.33. The first-order valence-electron chi connectivity index (χ1n) is 7.91. The maximum atomic E-state index is 13.3.